The molecule has 3 aromatic carbocycles. The number of H-pyrrole nitrogens is 2. The van der Waals surface area contributed by atoms with E-state index in [1.165, 1.54) is 30.5 Å². The number of rotatable bonds is 6. The number of hydrogen-bond donors (Lipinski definition) is 2. The first-order valence-corrected chi connectivity index (χ1v) is 12.3. The Morgan fingerprint density at radius 2 is 1.95 bits per heavy atom. The molecule has 0 spiro atoms. The van der Waals surface area contributed by atoms with Gasteiger partial charge >= 0.3 is 51.4 Å². The van der Waals surface area contributed by atoms with E-state index in [-0.39, 0.29) is 80.4 Å². The second kappa shape index (κ2) is 11.4. The predicted octanol–water partition coefficient (Wildman–Crippen LogP) is 1.41. The van der Waals surface area contributed by atoms with Crippen molar-refractivity contribution in [1.82, 2.24) is 9.97 Å². The molecule has 198 valence electrons. The number of nitrogens with one attached hydrogen (secondary N) is 2. The molecule has 0 radical (unpaired) electrons. The number of aromatic amines is 2. The summed E-state index contributed by atoms with van der Waals surface area (Å²) in [6.45, 7) is 0.378. The molecule has 1 unspecified atom stereocenters. The van der Waals surface area contributed by atoms with Crippen LogP contribution in [0.1, 0.15) is 29.2 Å². The van der Waals surface area contributed by atoms with Crippen molar-refractivity contribution in [2.24, 2.45) is 7.05 Å². The molecular formula is C29H22F3KN3O4+. The maximum absolute atomic E-state index is 15.0. The first kappa shape index (κ1) is 28.4. The zero-order valence-electron chi connectivity index (χ0n) is 21.7. The minimum absolute atomic E-state index is 0. The van der Waals surface area contributed by atoms with E-state index in [2.05, 4.69) is 9.97 Å². The first-order valence-electron chi connectivity index (χ1n) is 12.3. The number of benzene rings is 3. The molecule has 0 aliphatic carbocycles. The smallest absolute Gasteiger partial charge is 0.550 e. The van der Waals surface area contributed by atoms with E-state index in [0.717, 1.165) is 17.3 Å². The van der Waals surface area contributed by atoms with Gasteiger partial charge in [0.05, 0.1) is 25.1 Å². The van der Waals surface area contributed by atoms with Crippen LogP contribution in [0.4, 0.5) is 13.2 Å². The maximum Gasteiger partial charge on any atom is 1.00 e. The third kappa shape index (κ3) is 5.08. The van der Waals surface area contributed by atoms with E-state index in [4.69, 9.17) is 9.47 Å². The number of carboxylic acids is 1. The van der Waals surface area contributed by atoms with Crippen molar-refractivity contribution in [3.05, 3.63) is 95.2 Å². The van der Waals surface area contributed by atoms with Gasteiger partial charge in [0, 0.05) is 41.2 Å². The first-order chi connectivity index (χ1) is 18.8. The summed E-state index contributed by atoms with van der Waals surface area (Å²) in [5, 5.41) is 11.4. The number of para-hydroxylation sites is 1. The summed E-state index contributed by atoms with van der Waals surface area (Å²) in [4.78, 5) is 17.1. The van der Waals surface area contributed by atoms with Gasteiger partial charge in [0.25, 0.3) is 5.82 Å². The average molecular weight is 573 g/mol. The third-order valence-electron chi connectivity index (χ3n) is 7.04. The fourth-order valence-corrected chi connectivity index (χ4v) is 5.22. The zero-order chi connectivity index (χ0) is 27.3. The number of imidazole rings is 1. The summed E-state index contributed by atoms with van der Waals surface area (Å²) in [6, 6.07) is 11.8. The quantitative estimate of drug-likeness (QED) is 0.238. The molecular weight excluding hydrogens is 550 g/mol. The number of fused-ring (bicyclic) bond motifs is 2. The fourth-order valence-electron chi connectivity index (χ4n) is 5.22. The summed E-state index contributed by atoms with van der Waals surface area (Å²) >= 11 is 0. The van der Waals surface area contributed by atoms with E-state index in [0.29, 0.717) is 35.7 Å². The number of aliphatic carboxylic acids is 1. The molecule has 1 aliphatic rings. The number of carbonyl (C=O) groups excluding carboxylic acids is 1. The zero-order valence-corrected chi connectivity index (χ0v) is 24.8. The van der Waals surface area contributed by atoms with Gasteiger partial charge in [-0.1, -0.05) is 18.2 Å². The van der Waals surface area contributed by atoms with Crippen molar-refractivity contribution >= 4 is 16.9 Å². The standard InChI is InChI=1S/C29H22F3N3O4.K/c1-35-24(17-8-10-38-27-15(11-25(36)37)3-2-4-18(17)27)14-34-29(35)20-12-16(5-6-21(20)30)39-28-22(31)13-23-19(26(28)32)7-9-33-23;/h2-7,9,12-14,17,33H,8,10-11H2,1H3,(H,36,37);/q;+1. The average Bonchev–Trinajstić information content (AvgIpc) is 3.53. The second-order valence-corrected chi connectivity index (χ2v) is 9.38. The van der Waals surface area contributed by atoms with E-state index in [1.54, 1.807) is 29.9 Å². The molecule has 1 aliphatic heterocycles. The Labute approximate surface area is 269 Å². The molecule has 7 nitrogen and oxygen atoms in total. The van der Waals surface area contributed by atoms with E-state index < -0.39 is 29.2 Å². The van der Waals surface area contributed by atoms with Crippen LogP contribution in [0.5, 0.6) is 17.2 Å². The molecule has 2 N–H and O–H groups in total. The molecule has 0 saturated carbocycles. The van der Waals surface area contributed by atoms with Gasteiger partial charge in [-0.05, 0) is 30.7 Å². The molecule has 40 heavy (non-hydrogen) atoms. The molecule has 6 rings (SSSR count). The Morgan fingerprint density at radius 3 is 2.75 bits per heavy atom. The van der Waals surface area contributed by atoms with Crippen molar-refractivity contribution < 1.29 is 88.5 Å². The van der Waals surface area contributed by atoms with Crippen LogP contribution in [-0.4, -0.2) is 22.5 Å². The number of ether oxygens (including phenoxy) is 2. The molecule has 0 saturated heterocycles. The van der Waals surface area contributed by atoms with Crippen molar-refractivity contribution in [3.8, 4) is 28.6 Å². The number of hydrogen-bond acceptors (Lipinski definition) is 4. The molecule has 11 heteroatoms. The molecule has 0 bridgehead atoms. The van der Waals surface area contributed by atoms with Gasteiger partial charge in [-0.2, -0.15) is 0 Å². The maximum atomic E-state index is 15.0. The molecule has 5 aromatic rings. The summed E-state index contributed by atoms with van der Waals surface area (Å²) in [6.07, 6.45) is 3.61. The number of halogens is 3. The van der Waals surface area contributed by atoms with Gasteiger partial charge in [0.1, 0.15) is 29.1 Å². The Kier molecular flexibility index (Phi) is 8.12. The summed E-state index contributed by atoms with van der Waals surface area (Å²) in [7, 11) is 1.77. The van der Waals surface area contributed by atoms with Crippen molar-refractivity contribution in [1.29, 1.82) is 0 Å². The van der Waals surface area contributed by atoms with Crippen LogP contribution in [0, 0.1) is 17.5 Å². The van der Waals surface area contributed by atoms with E-state index in [1.807, 2.05) is 6.07 Å². The van der Waals surface area contributed by atoms with Crippen LogP contribution >= 0.6 is 0 Å². The fraction of sp³-hybridized carbons (Fsp3) is 0.172. The van der Waals surface area contributed by atoms with Gasteiger partial charge in [-0.3, -0.25) is 0 Å². The summed E-state index contributed by atoms with van der Waals surface area (Å²) < 4.78 is 57.8. The molecule has 3 heterocycles. The van der Waals surface area contributed by atoms with Gasteiger partial charge in [-0.15, -0.1) is 0 Å². The predicted molar refractivity (Wildman–Crippen MR) is 133 cm³/mol. The van der Waals surface area contributed by atoms with Gasteiger partial charge in [0.15, 0.2) is 23.1 Å². The van der Waals surface area contributed by atoms with Crippen molar-refractivity contribution in [3.63, 3.8) is 0 Å². The van der Waals surface area contributed by atoms with E-state index in [9.17, 15) is 18.7 Å². The largest absolute Gasteiger partial charge is 1.00 e. The third-order valence-corrected chi connectivity index (χ3v) is 7.04. The van der Waals surface area contributed by atoms with Gasteiger partial charge < -0.3 is 24.4 Å². The topological polar surface area (TPSA) is 94.1 Å². The van der Waals surface area contributed by atoms with E-state index >= 15 is 4.39 Å². The summed E-state index contributed by atoms with van der Waals surface area (Å²) in [5.41, 5.74) is 2.61. The van der Waals surface area contributed by atoms with Crippen LogP contribution in [0.25, 0.3) is 22.3 Å². The minimum Gasteiger partial charge on any atom is -0.550 e. The Bertz CT molecular complexity index is 1750. The monoisotopic (exact) mass is 572 g/mol. The molecule has 1 atom stereocenters. The van der Waals surface area contributed by atoms with Crippen LogP contribution in [-0.2, 0) is 18.3 Å². The van der Waals surface area contributed by atoms with Crippen LogP contribution < -0.4 is 70.5 Å². The van der Waals surface area contributed by atoms with Crippen molar-refractivity contribution in [2.45, 2.75) is 18.8 Å². The number of carboxylic acid groups (broad SMARTS) is 1. The number of aromatic nitrogens is 3. The number of nitrogens with zero attached hydrogens (tertiary/aromatic N) is 1. The van der Waals surface area contributed by atoms with Crippen LogP contribution in [0.2, 0.25) is 0 Å². The Balaban J connectivity index is 0.00000323. The number of carbonyl (C=O) groups is 1. The SMILES string of the molecule is C[n+]1c(C2CCOc3c(CC(=O)[O-])cccc32)c[nH]c1-c1cc(Oc2c(F)cc3[nH]ccc3c2F)ccc1F.[K+]. The second-order valence-electron chi connectivity index (χ2n) is 9.38. The van der Waals surface area contributed by atoms with Crippen molar-refractivity contribution in [2.75, 3.05) is 6.61 Å². The minimum atomic E-state index is -1.20. The van der Waals surface area contributed by atoms with Gasteiger partial charge in [-0.25, -0.2) is 22.7 Å². The molecule has 0 fully saturated rings. The molecule has 2 aromatic heterocycles. The van der Waals surface area contributed by atoms with Gasteiger partial charge in [0.2, 0.25) is 0 Å². The summed E-state index contributed by atoms with van der Waals surface area (Å²) in [5.74, 6) is -3.26. The van der Waals surface area contributed by atoms with Crippen LogP contribution in [0.3, 0.4) is 0 Å². The Morgan fingerprint density at radius 1 is 1.12 bits per heavy atom. The molecule has 0 amide bonds. The normalized spacial score (nSPS) is 14.3. The van der Waals surface area contributed by atoms with Crippen LogP contribution in [0.15, 0.2) is 60.9 Å². The Hall–Kier alpha value is -3.09.